The fourth-order valence-electron chi connectivity index (χ4n) is 3.19. The van der Waals surface area contributed by atoms with Crippen molar-refractivity contribution in [1.29, 1.82) is 0 Å². The summed E-state index contributed by atoms with van der Waals surface area (Å²) in [4.78, 5) is 4.61. The van der Waals surface area contributed by atoms with Crippen LogP contribution in [0.15, 0.2) is 34.9 Å². The Bertz CT molecular complexity index is 591. The van der Waals surface area contributed by atoms with Crippen LogP contribution in [0.2, 0.25) is 0 Å². The number of nitrogens with zero attached hydrogens (tertiary/aromatic N) is 2. The van der Waals surface area contributed by atoms with E-state index in [-0.39, 0.29) is 0 Å². The van der Waals surface area contributed by atoms with E-state index in [4.69, 9.17) is 10.3 Å². The van der Waals surface area contributed by atoms with Gasteiger partial charge in [0.1, 0.15) is 5.54 Å². The highest BCUT2D eigenvalue weighted by atomic mass is 16.5. The topological polar surface area (TPSA) is 64.9 Å². The van der Waals surface area contributed by atoms with Crippen LogP contribution in [0, 0.1) is 5.92 Å². The summed E-state index contributed by atoms with van der Waals surface area (Å²) in [6, 6.07) is 9.91. The van der Waals surface area contributed by atoms with E-state index >= 15 is 0 Å². The number of rotatable bonds is 3. The first kappa shape index (κ1) is 14.3. The van der Waals surface area contributed by atoms with E-state index < -0.39 is 5.54 Å². The number of nitrogens with two attached hydrogens (primary N) is 1. The fourth-order valence-corrected chi connectivity index (χ4v) is 3.19. The lowest BCUT2D eigenvalue weighted by atomic mass is 9.82. The summed E-state index contributed by atoms with van der Waals surface area (Å²) in [5, 5.41) is 4.20. The van der Waals surface area contributed by atoms with Crippen molar-refractivity contribution in [3.63, 3.8) is 0 Å². The van der Waals surface area contributed by atoms with Crippen molar-refractivity contribution in [3.8, 4) is 0 Å². The Balaban J connectivity index is 1.84. The molecule has 1 aromatic heterocycles. The molecule has 0 amide bonds. The highest BCUT2D eigenvalue weighted by molar-refractivity contribution is 5.29. The minimum absolute atomic E-state index is 0.415. The summed E-state index contributed by atoms with van der Waals surface area (Å²) >= 11 is 0. The average Bonchev–Trinajstić information content (AvgIpc) is 2.99. The Hall–Kier alpha value is -1.68. The fraction of sp³-hybridized carbons (Fsp3) is 0.529. The maximum Gasteiger partial charge on any atom is 0.251 e. The molecule has 1 heterocycles. The normalized spacial score (nSPS) is 25.5. The van der Waals surface area contributed by atoms with Gasteiger partial charge in [-0.25, -0.2) is 0 Å². The van der Waals surface area contributed by atoms with Crippen molar-refractivity contribution in [1.82, 2.24) is 10.1 Å². The summed E-state index contributed by atoms with van der Waals surface area (Å²) in [6.45, 7) is 4.22. The Morgan fingerprint density at radius 3 is 2.71 bits per heavy atom. The molecule has 21 heavy (non-hydrogen) atoms. The zero-order valence-corrected chi connectivity index (χ0v) is 12.7. The molecule has 1 fully saturated rings. The number of hydrogen-bond acceptors (Lipinski definition) is 4. The number of hydrogen-bond donors (Lipinski definition) is 1. The first-order valence-corrected chi connectivity index (χ1v) is 7.76. The van der Waals surface area contributed by atoms with Gasteiger partial charge >= 0.3 is 0 Å². The van der Waals surface area contributed by atoms with Gasteiger partial charge in [0.05, 0.1) is 0 Å². The van der Waals surface area contributed by atoms with Gasteiger partial charge in [0.25, 0.3) is 5.89 Å². The lowest BCUT2D eigenvalue weighted by Gasteiger charge is -2.24. The molecule has 0 bridgehead atoms. The molecule has 4 nitrogen and oxygen atoms in total. The SMILES string of the molecule is CC1CCCC(c2noc(C(C)(N)c3ccccc3)n2)C1. The van der Waals surface area contributed by atoms with Crippen molar-refractivity contribution < 1.29 is 4.52 Å². The maximum absolute atomic E-state index is 6.43. The van der Waals surface area contributed by atoms with E-state index in [0.29, 0.717) is 11.8 Å². The van der Waals surface area contributed by atoms with Crippen LogP contribution in [-0.2, 0) is 5.54 Å². The van der Waals surface area contributed by atoms with Gasteiger partial charge in [-0.1, -0.05) is 55.3 Å². The molecule has 3 atom stereocenters. The van der Waals surface area contributed by atoms with E-state index in [0.717, 1.165) is 30.1 Å². The zero-order chi connectivity index (χ0) is 14.9. The molecule has 1 saturated carbocycles. The highest BCUT2D eigenvalue weighted by Gasteiger charge is 2.32. The van der Waals surface area contributed by atoms with Crippen LogP contribution in [-0.4, -0.2) is 10.1 Å². The van der Waals surface area contributed by atoms with Crippen LogP contribution < -0.4 is 5.73 Å². The van der Waals surface area contributed by atoms with Crippen molar-refractivity contribution in [2.45, 2.75) is 51.0 Å². The van der Waals surface area contributed by atoms with Gasteiger partial charge in [-0.15, -0.1) is 0 Å². The predicted octanol–water partition coefficient (Wildman–Crippen LogP) is 3.59. The van der Waals surface area contributed by atoms with Crippen molar-refractivity contribution in [2.24, 2.45) is 11.7 Å². The van der Waals surface area contributed by atoms with Crippen LogP contribution in [0.5, 0.6) is 0 Å². The van der Waals surface area contributed by atoms with Gasteiger partial charge in [0.15, 0.2) is 5.82 Å². The van der Waals surface area contributed by atoms with Crippen LogP contribution in [0.4, 0.5) is 0 Å². The molecule has 3 unspecified atom stereocenters. The van der Waals surface area contributed by atoms with Crippen molar-refractivity contribution in [2.75, 3.05) is 0 Å². The van der Waals surface area contributed by atoms with Gasteiger partial charge < -0.3 is 10.3 Å². The second kappa shape index (κ2) is 5.60. The summed E-state index contributed by atoms with van der Waals surface area (Å²) in [7, 11) is 0. The molecule has 2 aromatic rings. The van der Waals surface area contributed by atoms with E-state index in [9.17, 15) is 0 Å². The van der Waals surface area contributed by atoms with Gasteiger partial charge in [0, 0.05) is 5.92 Å². The Labute approximate surface area is 125 Å². The monoisotopic (exact) mass is 285 g/mol. The lowest BCUT2D eigenvalue weighted by Crippen LogP contribution is -2.34. The van der Waals surface area contributed by atoms with Gasteiger partial charge in [-0.3, -0.25) is 0 Å². The molecule has 112 valence electrons. The van der Waals surface area contributed by atoms with Crippen molar-refractivity contribution >= 4 is 0 Å². The minimum Gasteiger partial charge on any atom is -0.337 e. The Morgan fingerprint density at radius 1 is 1.24 bits per heavy atom. The Kier molecular flexibility index (Phi) is 3.81. The molecule has 1 aromatic carbocycles. The van der Waals surface area contributed by atoms with Gasteiger partial charge in [-0.2, -0.15) is 4.98 Å². The summed E-state index contributed by atoms with van der Waals surface area (Å²) in [5.74, 6) is 2.48. The van der Waals surface area contributed by atoms with Gasteiger partial charge in [-0.05, 0) is 31.2 Å². The van der Waals surface area contributed by atoms with E-state index in [1.807, 2.05) is 37.3 Å². The summed E-state index contributed by atoms with van der Waals surface area (Å²) in [6.07, 6.45) is 4.84. The summed E-state index contributed by atoms with van der Waals surface area (Å²) < 4.78 is 5.49. The first-order valence-electron chi connectivity index (χ1n) is 7.76. The van der Waals surface area contributed by atoms with E-state index in [1.165, 1.54) is 12.8 Å². The molecule has 0 radical (unpaired) electrons. The third-order valence-corrected chi connectivity index (χ3v) is 4.56. The second-order valence-electron chi connectivity index (χ2n) is 6.49. The highest BCUT2D eigenvalue weighted by Crippen LogP contribution is 2.35. The van der Waals surface area contributed by atoms with Crippen LogP contribution in [0.1, 0.15) is 62.7 Å². The van der Waals surface area contributed by atoms with Crippen LogP contribution >= 0.6 is 0 Å². The summed E-state index contributed by atoms with van der Waals surface area (Å²) in [5.41, 5.74) is 6.67. The molecule has 1 aliphatic carbocycles. The molecule has 3 rings (SSSR count). The van der Waals surface area contributed by atoms with E-state index in [2.05, 4.69) is 17.1 Å². The van der Waals surface area contributed by atoms with Crippen LogP contribution in [0.25, 0.3) is 0 Å². The standard InChI is InChI=1S/C17H23N3O/c1-12-7-6-8-13(11-12)15-19-16(21-20-15)17(2,18)14-9-4-3-5-10-14/h3-5,9-10,12-13H,6-8,11,18H2,1-2H3. The third-order valence-electron chi connectivity index (χ3n) is 4.56. The smallest absolute Gasteiger partial charge is 0.251 e. The van der Waals surface area contributed by atoms with Gasteiger partial charge in [0.2, 0.25) is 0 Å². The zero-order valence-electron chi connectivity index (χ0n) is 12.7. The quantitative estimate of drug-likeness (QED) is 0.936. The Morgan fingerprint density at radius 2 is 2.00 bits per heavy atom. The lowest BCUT2D eigenvalue weighted by molar-refractivity contribution is 0.305. The van der Waals surface area contributed by atoms with Crippen LogP contribution in [0.3, 0.4) is 0 Å². The number of aromatic nitrogens is 2. The minimum atomic E-state index is -0.743. The predicted molar refractivity (Wildman–Crippen MR) is 81.8 cm³/mol. The van der Waals surface area contributed by atoms with E-state index in [1.54, 1.807) is 0 Å². The molecule has 0 saturated heterocycles. The molecular weight excluding hydrogens is 262 g/mol. The maximum atomic E-state index is 6.43. The largest absolute Gasteiger partial charge is 0.337 e. The molecule has 0 spiro atoms. The third kappa shape index (κ3) is 2.86. The number of benzene rings is 1. The first-order chi connectivity index (χ1) is 10.1. The second-order valence-corrected chi connectivity index (χ2v) is 6.49. The molecule has 4 heteroatoms. The molecular formula is C17H23N3O. The van der Waals surface area contributed by atoms with Crippen molar-refractivity contribution in [3.05, 3.63) is 47.6 Å². The molecule has 1 aliphatic rings. The average molecular weight is 285 g/mol. The molecule has 0 aliphatic heterocycles. The molecule has 2 N–H and O–H groups in total.